The first-order valence-electron chi connectivity index (χ1n) is 2.94. The summed E-state index contributed by atoms with van der Waals surface area (Å²) in [6, 6.07) is 0. The van der Waals surface area contributed by atoms with Crippen LogP contribution in [0.25, 0.3) is 0 Å². The summed E-state index contributed by atoms with van der Waals surface area (Å²) in [7, 11) is -3.13. The first-order valence-corrected chi connectivity index (χ1v) is 4.24. The Morgan fingerprint density at radius 1 is 1.25 bits per heavy atom. The van der Waals surface area contributed by atoms with Crippen LogP contribution in [-0.2, 0) is 9.30 Å². The van der Waals surface area contributed by atoms with Gasteiger partial charge in [0.05, 0.1) is 13.2 Å². The normalized spacial score (nSPS) is 14.9. The van der Waals surface area contributed by atoms with Crippen molar-refractivity contribution in [3.63, 3.8) is 0 Å². The fraction of sp³-hybridized carbons (Fsp3) is 1.00. The van der Waals surface area contributed by atoms with E-state index >= 15 is 0 Å². The third kappa shape index (κ3) is 22.5. The second kappa shape index (κ2) is 14.5. The Labute approximate surface area is 93.9 Å². The monoisotopic (exact) mass is 211 g/mol. The van der Waals surface area contributed by atoms with Crippen molar-refractivity contribution in [2.24, 2.45) is 0 Å². The molecule has 0 unspecified atom stereocenters. The molecule has 1 aliphatic rings. The van der Waals surface area contributed by atoms with Crippen LogP contribution in [0.4, 0.5) is 0 Å². The van der Waals surface area contributed by atoms with Gasteiger partial charge in [-0.3, -0.25) is 4.57 Å². The molecule has 1 rings (SSSR count). The van der Waals surface area contributed by atoms with Gasteiger partial charge in [0.1, 0.15) is 0 Å². The van der Waals surface area contributed by atoms with E-state index in [4.69, 9.17) is 19.1 Å². The van der Waals surface area contributed by atoms with E-state index in [2.05, 4.69) is 5.32 Å². The van der Waals surface area contributed by atoms with E-state index in [-0.39, 0.29) is 35.0 Å². The molecule has 0 aromatic heterocycles. The summed E-state index contributed by atoms with van der Waals surface area (Å²) in [4.78, 5) is 14.3. The molecule has 0 aromatic rings. The van der Waals surface area contributed by atoms with E-state index < -0.39 is 8.25 Å². The predicted octanol–water partition coefficient (Wildman–Crippen LogP) is -2.51. The third-order valence-electron chi connectivity index (χ3n) is 0.846. The van der Waals surface area contributed by atoms with Crippen molar-refractivity contribution in [3.8, 4) is 0 Å². The number of morpholine rings is 1. The first-order chi connectivity index (χ1) is 4.73. The number of hydrogen-bond acceptors (Lipinski definition) is 3. The average Bonchev–Trinajstić information content (AvgIpc) is 1.90. The van der Waals surface area contributed by atoms with Gasteiger partial charge in [0, 0.05) is 13.1 Å². The summed E-state index contributed by atoms with van der Waals surface area (Å²) < 4.78 is 13.7. The van der Waals surface area contributed by atoms with Crippen LogP contribution in [-0.4, -0.2) is 71.1 Å². The third-order valence-corrected chi connectivity index (χ3v) is 0.846. The number of hydrogen-bond donors (Lipinski definition) is 3. The van der Waals surface area contributed by atoms with Gasteiger partial charge in [0.2, 0.25) is 0 Å². The van der Waals surface area contributed by atoms with Gasteiger partial charge >= 0.3 is 37.8 Å². The van der Waals surface area contributed by atoms with Crippen molar-refractivity contribution < 1.29 is 24.6 Å². The molecule has 0 saturated carbocycles. The topological polar surface area (TPSA) is 110 Å². The Balaban J connectivity index is -0.000000124. The Morgan fingerprint density at radius 3 is 1.67 bits per heavy atom. The van der Waals surface area contributed by atoms with E-state index in [9.17, 15) is 0 Å². The minimum absolute atomic E-state index is 0. The van der Waals surface area contributed by atoms with Crippen LogP contribution in [0.5, 0.6) is 0 Å². The number of ether oxygens (including phenoxy) is 1. The molecule has 1 fully saturated rings. The van der Waals surface area contributed by atoms with Gasteiger partial charge in [-0.05, 0) is 0 Å². The molecule has 5 N–H and O–H groups in total. The molecule has 1 saturated heterocycles. The molecule has 1 aliphatic heterocycles. The molecular weight excluding hydrogens is 196 g/mol. The Bertz CT molecular complexity index is 85.9. The summed E-state index contributed by atoms with van der Waals surface area (Å²) in [6.07, 6.45) is 0. The van der Waals surface area contributed by atoms with Gasteiger partial charge in [-0.25, -0.2) is 0 Å². The quantitative estimate of drug-likeness (QED) is 0.303. The second-order valence-electron chi connectivity index (χ2n) is 1.64. The minimum atomic E-state index is -3.13. The molecule has 1 heterocycles. The second-order valence-corrected chi connectivity index (χ2v) is 2.21. The SMILES string of the molecule is C1COCCN1.O.O=[PH](O)O.[NaH]. The van der Waals surface area contributed by atoms with Crippen LogP contribution in [0.2, 0.25) is 0 Å². The molecule has 0 aliphatic carbocycles. The fourth-order valence-electron chi connectivity index (χ4n) is 0.516. The average molecular weight is 211 g/mol. The maximum absolute atomic E-state index is 8.74. The van der Waals surface area contributed by atoms with E-state index in [0.717, 1.165) is 26.3 Å². The Kier molecular flexibility index (Phi) is 22.7. The molecule has 0 spiro atoms. The summed E-state index contributed by atoms with van der Waals surface area (Å²) >= 11 is 0. The van der Waals surface area contributed by atoms with Crippen molar-refractivity contribution in [2.75, 3.05) is 26.3 Å². The van der Waals surface area contributed by atoms with Crippen LogP contribution >= 0.6 is 8.25 Å². The number of rotatable bonds is 0. The standard InChI is InChI=1S/C4H9NO.Na.H3O3P.H2O.H/c1-3-6-4-2-5-1;;1-4(2)3;;/h5H,1-4H2;;4H,(H2,1,2,3);1H2;. The molecular formula is C4H15NNaO5P. The van der Waals surface area contributed by atoms with Crippen LogP contribution in [0.1, 0.15) is 0 Å². The molecule has 72 valence electrons. The van der Waals surface area contributed by atoms with Crippen LogP contribution < -0.4 is 5.32 Å². The molecule has 0 amide bonds. The van der Waals surface area contributed by atoms with Crippen molar-refractivity contribution in [1.82, 2.24) is 5.32 Å². The van der Waals surface area contributed by atoms with E-state index in [1.807, 2.05) is 0 Å². The summed E-state index contributed by atoms with van der Waals surface area (Å²) in [5.41, 5.74) is 0. The Hall–Kier alpha value is 1.03. The first kappa shape index (κ1) is 18.7. The van der Waals surface area contributed by atoms with Gasteiger partial charge in [-0.1, -0.05) is 0 Å². The molecule has 0 radical (unpaired) electrons. The van der Waals surface area contributed by atoms with Gasteiger partial charge in [-0.15, -0.1) is 0 Å². The molecule has 6 nitrogen and oxygen atoms in total. The van der Waals surface area contributed by atoms with Gasteiger partial charge in [0.15, 0.2) is 0 Å². The summed E-state index contributed by atoms with van der Waals surface area (Å²) in [5.74, 6) is 0. The molecule has 12 heavy (non-hydrogen) atoms. The van der Waals surface area contributed by atoms with Crippen molar-refractivity contribution in [3.05, 3.63) is 0 Å². The van der Waals surface area contributed by atoms with E-state index in [0.29, 0.717) is 0 Å². The van der Waals surface area contributed by atoms with Crippen molar-refractivity contribution >= 4 is 37.8 Å². The van der Waals surface area contributed by atoms with Gasteiger partial charge < -0.3 is 25.3 Å². The van der Waals surface area contributed by atoms with E-state index in [1.165, 1.54) is 0 Å². The maximum atomic E-state index is 8.74. The van der Waals surface area contributed by atoms with Crippen LogP contribution in [0, 0.1) is 0 Å². The summed E-state index contributed by atoms with van der Waals surface area (Å²) in [6.45, 7) is 3.83. The predicted molar refractivity (Wildman–Crippen MR) is 47.9 cm³/mol. The summed E-state index contributed by atoms with van der Waals surface area (Å²) in [5, 5.41) is 3.16. The van der Waals surface area contributed by atoms with Gasteiger partial charge in [-0.2, -0.15) is 0 Å². The van der Waals surface area contributed by atoms with Crippen molar-refractivity contribution in [1.29, 1.82) is 0 Å². The van der Waals surface area contributed by atoms with E-state index in [1.54, 1.807) is 0 Å². The fourth-order valence-corrected chi connectivity index (χ4v) is 0.516. The molecule has 0 atom stereocenters. The van der Waals surface area contributed by atoms with Crippen LogP contribution in [0.15, 0.2) is 0 Å². The van der Waals surface area contributed by atoms with Crippen molar-refractivity contribution in [2.45, 2.75) is 0 Å². The van der Waals surface area contributed by atoms with Crippen LogP contribution in [0.3, 0.4) is 0 Å². The molecule has 8 heteroatoms. The Morgan fingerprint density at radius 2 is 1.58 bits per heavy atom. The molecule has 0 aromatic carbocycles. The van der Waals surface area contributed by atoms with Gasteiger partial charge in [0.25, 0.3) is 0 Å². The zero-order chi connectivity index (χ0) is 7.82. The number of nitrogens with one attached hydrogen (secondary N) is 1. The molecule has 0 bridgehead atoms. The zero-order valence-corrected chi connectivity index (χ0v) is 7.04. The zero-order valence-electron chi connectivity index (χ0n) is 6.04.